The highest BCUT2D eigenvalue weighted by Gasteiger charge is 2.09. The summed E-state index contributed by atoms with van der Waals surface area (Å²) in [4.78, 5) is 9.85. The van der Waals surface area contributed by atoms with E-state index in [1.807, 2.05) is 11.3 Å². The zero-order valence-electron chi connectivity index (χ0n) is 14.1. The minimum atomic E-state index is 0. The van der Waals surface area contributed by atoms with Crippen molar-refractivity contribution in [1.29, 1.82) is 0 Å². The Labute approximate surface area is 160 Å². The Kier molecular flexibility index (Phi) is 10.8. The van der Waals surface area contributed by atoms with E-state index in [2.05, 4.69) is 46.5 Å². The van der Waals surface area contributed by atoms with Crippen LogP contribution in [0.1, 0.15) is 23.6 Å². The first-order valence-electron chi connectivity index (χ1n) is 8.21. The fourth-order valence-electron chi connectivity index (χ4n) is 2.35. The maximum absolute atomic E-state index is 5.37. The van der Waals surface area contributed by atoms with Crippen molar-refractivity contribution in [1.82, 2.24) is 15.5 Å². The Bertz CT molecular complexity index is 461. The van der Waals surface area contributed by atoms with Crippen LogP contribution in [0.25, 0.3) is 0 Å². The molecule has 0 spiro atoms. The summed E-state index contributed by atoms with van der Waals surface area (Å²) in [6.45, 7) is 11.6. The number of aryl methyl sites for hydroxylation is 1. The molecule has 0 atom stereocenters. The Morgan fingerprint density at radius 2 is 1.96 bits per heavy atom. The number of halogens is 1. The van der Waals surface area contributed by atoms with Gasteiger partial charge in [-0.3, -0.25) is 4.90 Å². The van der Waals surface area contributed by atoms with E-state index in [9.17, 15) is 0 Å². The number of thiophene rings is 1. The van der Waals surface area contributed by atoms with Gasteiger partial charge in [0.25, 0.3) is 0 Å². The van der Waals surface area contributed by atoms with Gasteiger partial charge in [-0.15, -0.1) is 35.3 Å². The van der Waals surface area contributed by atoms with Crippen molar-refractivity contribution < 1.29 is 4.74 Å². The first-order chi connectivity index (χ1) is 10.8. The van der Waals surface area contributed by atoms with Gasteiger partial charge in [-0.25, -0.2) is 4.99 Å². The smallest absolute Gasteiger partial charge is 0.191 e. The van der Waals surface area contributed by atoms with Crippen molar-refractivity contribution in [2.45, 2.75) is 26.8 Å². The van der Waals surface area contributed by atoms with Gasteiger partial charge >= 0.3 is 0 Å². The number of nitrogens with one attached hydrogen (secondary N) is 2. The van der Waals surface area contributed by atoms with Crippen LogP contribution in [-0.2, 0) is 17.7 Å². The molecule has 1 aromatic heterocycles. The molecule has 2 N–H and O–H groups in total. The van der Waals surface area contributed by atoms with E-state index in [0.29, 0.717) is 0 Å². The molecule has 7 heteroatoms. The zero-order chi connectivity index (χ0) is 15.6. The lowest BCUT2D eigenvalue weighted by Crippen LogP contribution is -2.44. The van der Waals surface area contributed by atoms with Gasteiger partial charge in [-0.05, 0) is 25.5 Å². The lowest BCUT2D eigenvalue weighted by atomic mass is 10.4. The second kappa shape index (κ2) is 12.0. The molecule has 0 aromatic carbocycles. The summed E-state index contributed by atoms with van der Waals surface area (Å²) in [6.07, 6.45) is 1.10. The predicted octanol–water partition coefficient (Wildman–Crippen LogP) is 2.32. The first kappa shape index (κ1) is 20.7. The summed E-state index contributed by atoms with van der Waals surface area (Å²) in [5.41, 5.74) is 0. The van der Waals surface area contributed by atoms with Gasteiger partial charge in [-0.2, -0.15) is 0 Å². The summed E-state index contributed by atoms with van der Waals surface area (Å²) in [7, 11) is 0. The molecule has 2 rings (SSSR count). The van der Waals surface area contributed by atoms with E-state index in [-0.39, 0.29) is 24.0 Å². The molecule has 0 aliphatic carbocycles. The molecule has 0 saturated carbocycles. The van der Waals surface area contributed by atoms with Crippen LogP contribution in [0.15, 0.2) is 17.1 Å². The molecule has 0 bridgehead atoms. The Morgan fingerprint density at radius 3 is 2.61 bits per heavy atom. The van der Waals surface area contributed by atoms with Crippen LogP contribution in [0.3, 0.4) is 0 Å². The summed E-state index contributed by atoms with van der Waals surface area (Å²) in [5.74, 6) is 0.905. The van der Waals surface area contributed by atoms with Crippen molar-refractivity contribution in [3.63, 3.8) is 0 Å². The van der Waals surface area contributed by atoms with E-state index in [1.165, 1.54) is 9.75 Å². The monoisotopic (exact) mass is 452 g/mol. The molecular formula is C16H29IN4OS. The average molecular weight is 452 g/mol. The fourth-order valence-corrected chi connectivity index (χ4v) is 3.24. The van der Waals surface area contributed by atoms with Crippen molar-refractivity contribution >= 4 is 41.3 Å². The highest BCUT2D eigenvalue weighted by atomic mass is 127. The average Bonchev–Trinajstić information content (AvgIpc) is 3.02. The van der Waals surface area contributed by atoms with E-state index >= 15 is 0 Å². The molecule has 0 unspecified atom stereocenters. The van der Waals surface area contributed by atoms with Gasteiger partial charge in [0.2, 0.25) is 0 Å². The Balaban J connectivity index is 0.00000264. The third-order valence-electron chi connectivity index (χ3n) is 3.63. The number of hydrogen-bond acceptors (Lipinski definition) is 4. The first-order valence-corrected chi connectivity index (χ1v) is 9.03. The number of hydrogen-bond donors (Lipinski definition) is 2. The maximum Gasteiger partial charge on any atom is 0.191 e. The number of aliphatic imine (C=N–C) groups is 1. The summed E-state index contributed by atoms with van der Waals surface area (Å²) >= 11 is 1.85. The molecule has 1 aliphatic rings. The van der Waals surface area contributed by atoms with Gasteiger partial charge in [0.05, 0.1) is 19.8 Å². The van der Waals surface area contributed by atoms with Crippen molar-refractivity contribution in [2.75, 3.05) is 45.9 Å². The van der Waals surface area contributed by atoms with E-state index in [1.54, 1.807) is 0 Å². The standard InChI is InChI=1S/C16H28N4OS.HI/c1-3-14-5-6-15(22-14)13-19-16(17-4-2)18-7-8-20-9-11-21-12-10-20;/h5-6H,3-4,7-13H2,1-2H3,(H2,17,18,19);1H. The third kappa shape index (κ3) is 7.82. The Hall–Kier alpha value is -0.380. The van der Waals surface area contributed by atoms with Gasteiger partial charge in [-0.1, -0.05) is 6.92 Å². The van der Waals surface area contributed by atoms with Crippen LogP contribution in [-0.4, -0.2) is 56.8 Å². The normalized spacial score (nSPS) is 16.0. The Morgan fingerprint density at radius 1 is 1.22 bits per heavy atom. The minimum Gasteiger partial charge on any atom is -0.379 e. The number of morpholine rings is 1. The molecular weight excluding hydrogens is 423 g/mol. The molecule has 0 amide bonds. The highest BCUT2D eigenvalue weighted by Crippen LogP contribution is 2.17. The van der Waals surface area contributed by atoms with Crippen molar-refractivity contribution in [3.8, 4) is 0 Å². The van der Waals surface area contributed by atoms with Crippen LogP contribution in [0.5, 0.6) is 0 Å². The van der Waals surface area contributed by atoms with Crippen LogP contribution in [0, 0.1) is 0 Å². The van der Waals surface area contributed by atoms with Gasteiger partial charge < -0.3 is 15.4 Å². The third-order valence-corrected chi connectivity index (χ3v) is 4.84. The van der Waals surface area contributed by atoms with Gasteiger partial charge in [0, 0.05) is 42.5 Å². The van der Waals surface area contributed by atoms with Crippen LogP contribution in [0.4, 0.5) is 0 Å². The SMILES string of the molecule is CCNC(=NCc1ccc(CC)s1)NCCN1CCOCC1.I. The molecule has 5 nitrogen and oxygen atoms in total. The van der Waals surface area contributed by atoms with E-state index in [0.717, 1.165) is 64.9 Å². The van der Waals surface area contributed by atoms with Crippen LogP contribution < -0.4 is 10.6 Å². The van der Waals surface area contributed by atoms with Crippen LogP contribution >= 0.6 is 35.3 Å². The van der Waals surface area contributed by atoms with E-state index in [4.69, 9.17) is 4.74 Å². The molecule has 23 heavy (non-hydrogen) atoms. The number of nitrogens with zero attached hydrogens (tertiary/aromatic N) is 2. The molecule has 0 radical (unpaired) electrons. The summed E-state index contributed by atoms with van der Waals surface area (Å²) in [6, 6.07) is 4.39. The molecule has 1 saturated heterocycles. The molecule has 1 fully saturated rings. The fraction of sp³-hybridized carbons (Fsp3) is 0.688. The van der Waals surface area contributed by atoms with Crippen molar-refractivity contribution in [3.05, 3.63) is 21.9 Å². The molecule has 132 valence electrons. The largest absolute Gasteiger partial charge is 0.379 e. The van der Waals surface area contributed by atoms with Gasteiger partial charge in [0.15, 0.2) is 5.96 Å². The zero-order valence-corrected chi connectivity index (χ0v) is 17.3. The molecule has 2 heterocycles. The number of rotatable bonds is 7. The number of ether oxygens (including phenoxy) is 1. The van der Waals surface area contributed by atoms with Gasteiger partial charge in [0.1, 0.15) is 0 Å². The second-order valence-corrected chi connectivity index (χ2v) is 6.55. The van der Waals surface area contributed by atoms with Crippen molar-refractivity contribution in [2.24, 2.45) is 4.99 Å². The van der Waals surface area contributed by atoms with E-state index < -0.39 is 0 Å². The highest BCUT2D eigenvalue weighted by molar-refractivity contribution is 14.0. The second-order valence-electron chi connectivity index (χ2n) is 5.30. The lowest BCUT2D eigenvalue weighted by molar-refractivity contribution is 0.0389. The summed E-state index contributed by atoms with van der Waals surface area (Å²) < 4.78 is 5.37. The number of guanidine groups is 1. The minimum absolute atomic E-state index is 0. The molecule has 1 aromatic rings. The molecule has 1 aliphatic heterocycles. The predicted molar refractivity (Wildman–Crippen MR) is 109 cm³/mol. The summed E-state index contributed by atoms with van der Waals surface area (Å²) in [5, 5.41) is 6.73. The quantitative estimate of drug-likeness (QED) is 0.379. The topological polar surface area (TPSA) is 48.9 Å². The maximum atomic E-state index is 5.37. The van der Waals surface area contributed by atoms with Crippen LogP contribution in [0.2, 0.25) is 0 Å². The lowest BCUT2D eigenvalue weighted by Gasteiger charge is -2.26.